The van der Waals surface area contributed by atoms with Gasteiger partial charge in [0.25, 0.3) is 0 Å². The molecule has 35 heavy (non-hydrogen) atoms. The molecule has 3 N–H and O–H groups in total. The summed E-state index contributed by atoms with van der Waals surface area (Å²) in [5, 5.41) is 24.3. The number of phenolic OH excluding ortho intramolecular Hbond substituents is 1. The van der Waals surface area contributed by atoms with Crippen LogP contribution in [0.15, 0.2) is 53.9 Å². The molecule has 4 rings (SSSR count). The monoisotopic (exact) mass is 507 g/mol. The van der Waals surface area contributed by atoms with E-state index in [9.17, 15) is 9.90 Å². The Morgan fingerprint density at radius 1 is 1.03 bits per heavy atom. The largest absolute Gasteiger partial charge is 0.507 e. The topological polar surface area (TPSA) is 76.4 Å². The van der Waals surface area contributed by atoms with Crippen LogP contribution in [0.2, 0.25) is 0 Å². The number of hydrogen-bond donors (Lipinski definition) is 3. The molecular formula is C28H33N3O2S2. The molecule has 7 heteroatoms. The molecule has 1 aliphatic heterocycles. The van der Waals surface area contributed by atoms with Crippen LogP contribution in [-0.4, -0.2) is 22.6 Å². The van der Waals surface area contributed by atoms with Gasteiger partial charge in [0.2, 0.25) is 5.91 Å². The lowest BCUT2D eigenvalue weighted by Gasteiger charge is -2.31. The van der Waals surface area contributed by atoms with Crippen LogP contribution in [0.5, 0.6) is 5.75 Å². The van der Waals surface area contributed by atoms with Crippen molar-refractivity contribution in [2.75, 3.05) is 16.0 Å². The lowest BCUT2D eigenvalue weighted by atomic mass is 9.78. The quantitative estimate of drug-likeness (QED) is 0.256. The average Bonchev–Trinajstić information content (AvgIpc) is 3.43. The Labute approximate surface area is 216 Å². The van der Waals surface area contributed by atoms with Gasteiger partial charge in [0.1, 0.15) is 17.0 Å². The molecule has 1 unspecified atom stereocenters. The van der Waals surface area contributed by atoms with E-state index in [1.165, 1.54) is 11.3 Å². The number of thioether (sulfide) groups is 1. The lowest BCUT2D eigenvalue weighted by molar-refractivity contribution is -0.115. The van der Waals surface area contributed by atoms with Gasteiger partial charge in [0.05, 0.1) is 10.6 Å². The Morgan fingerprint density at radius 3 is 2.14 bits per heavy atom. The van der Waals surface area contributed by atoms with E-state index in [1.54, 1.807) is 11.8 Å². The number of nitrogens with one attached hydrogen (secondary N) is 2. The van der Waals surface area contributed by atoms with Gasteiger partial charge < -0.3 is 10.4 Å². The number of nitrogens with zero attached hydrogens (tertiary/aromatic N) is 1. The third-order valence-corrected chi connectivity index (χ3v) is 8.18. The predicted molar refractivity (Wildman–Crippen MR) is 149 cm³/mol. The number of carbonyl (C=O) groups excluding carboxylic acids is 1. The number of benzene rings is 2. The highest BCUT2D eigenvalue weighted by Gasteiger charge is 2.36. The summed E-state index contributed by atoms with van der Waals surface area (Å²) in [6.45, 7) is 12.6. The number of hydrogen-bond acceptors (Lipinski definition) is 5. The van der Waals surface area contributed by atoms with Gasteiger partial charge >= 0.3 is 0 Å². The zero-order valence-corrected chi connectivity index (χ0v) is 22.7. The molecule has 0 bridgehead atoms. The second-order valence-electron chi connectivity index (χ2n) is 10.9. The molecule has 0 saturated carbocycles. The fourth-order valence-corrected chi connectivity index (χ4v) is 6.01. The number of aromatic hydroxyl groups is 1. The minimum Gasteiger partial charge on any atom is -0.507 e. The molecule has 1 fully saturated rings. The number of phenols is 1. The van der Waals surface area contributed by atoms with E-state index in [2.05, 4.69) is 59.0 Å². The van der Waals surface area contributed by atoms with Crippen molar-refractivity contribution in [3.8, 4) is 5.75 Å². The highest BCUT2D eigenvalue weighted by molar-refractivity contribution is 8.00. The molecule has 0 spiro atoms. The summed E-state index contributed by atoms with van der Waals surface area (Å²) in [4.78, 5) is 15.7. The summed E-state index contributed by atoms with van der Waals surface area (Å²) >= 11 is 3.13. The van der Waals surface area contributed by atoms with Crippen molar-refractivity contribution in [2.45, 2.75) is 57.7 Å². The first-order valence-electron chi connectivity index (χ1n) is 11.7. The maximum Gasteiger partial charge on any atom is 0.238 e. The van der Waals surface area contributed by atoms with E-state index in [0.29, 0.717) is 17.3 Å². The molecule has 5 nitrogen and oxygen atoms in total. The number of carbonyl (C=O) groups is 1. The SMILES string of the molecule is CC(C)(C)c1cc(C2SCC(=O)N2c2ccc(NC(=N)c3cccs3)cc2)cc(C(C)(C)C)c1O. The summed E-state index contributed by atoms with van der Waals surface area (Å²) in [6, 6.07) is 15.6. The van der Waals surface area contributed by atoms with E-state index in [0.717, 1.165) is 32.9 Å². The Balaban J connectivity index is 1.68. The van der Waals surface area contributed by atoms with Gasteiger partial charge in [-0.25, -0.2) is 0 Å². The molecule has 1 aliphatic rings. The molecule has 1 aromatic heterocycles. The van der Waals surface area contributed by atoms with Crippen LogP contribution in [0, 0.1) is 5.41 Å². The van der Waals surface area contributed by atoms with Crippen molar-refractivity contribution in [3.05, 3.63) is 75.5 Å². The molecule has 1 saturated heterocycles. The maximum absolute atomic E-state index is 13.0. The molecule has 184 valence electrons. The minimum atomic E-state index is -0.238. The molecule has 0 radical (unpaired) electrons. The third kappa shape index (κ3) is 5.26. The second-order valence-corrected chi connectivity index (χ2v) is 12.9. The summed E-state index contributed by atoms with van der Waals surface area (Å²) in [7, 11) is 0. The van der Waals surface area contributed by atoms with Crippen LogP contribution < -0.4 is 10.2 Å². The molecule has 1 amide bonds. The molecular weight excluding hydrogens is 474 g/mol. The molecule has 0 aliphatic carbocycles. The van der Waals surface area contributed by atoms with Crippen molar-refractivity contribution in [2.24, 2.45) is 0 Å². The first-order chi connectivity index (χ1) is 16.4. The number of rotatable bonds is 4. The van der Waals surface area contributed by atoms with Crippen LogP contribution >= 0.6 is 23.1 Å². The third-order valence-electron chi connectivity index (χ3n) is 6.08. The Morgan fingerprint density at radius 2 is 1.63 bits per heavy atom. The smallest absolute Gasteiger partial charge is 0.238 e. The first kappa shape index (κ1) is 25.3. The number of amidine groups is 1. The summed E-state index contributed by atoms with van der Waals surface area (Å²) < 4.78 is 0. The van der Waals surface area contributed by atoms with Crippen LogP contribution in [-0.2, 0) is 15.6 Å². The van der Waals surface area contributed by atoms with E-state index in [1.807, 2.05) is 46.7 Å². The normalized spacial score (nSPS) is 16.6. The van der Waals surface area contributed by atoms with Gasteiger partial charge in [-0.15, -0.1) is 23.1 Å². The predicted octanol–water partition coefficient (Wildman–Crippen LogP) is 7.26. The fraction of sp³-hybridized carbons (Fsp3) is 0.357. The number of anilines is 2. The molecule has 2 aromatic carbocycles. The van der Waals surface area contributed by atoms with Crippen LogP contribution in [0.1, 0.15) is 68.5 Å². The van der Waals surface area contributed by atoms with Crippen molar-refractivity contribution in [1.29, 1.82) is 5.41 Å². The average molecular weight is 508 g/mol. The van der Waals surface area contributed by atoms with E-state index in [4.69, 9.17) is 5.41 Å². The van der Waals surface area contributed by atoms with Crippen molar-refractivity contribution in [3.63, 3.8) is 0 Å². The zero-order chi connectivity index (χ0) is 25.5. The fourth-order valence-electron chi connectivity index (χ4n) is 4.22. The van der Waals surface area contributed by atoms with Gasteiger partial charge in [-0.2, -0.15) is 0 Å². The van der Waals surface area contributed by atoms with Crippen LogP contribution in [0.25, 0.3) is 0 Å². The van der Waals surface area contributed by atoms with Crippen molar-refractivity contribution >= 4 is 46.2 Å². The van der Waals surface area contributed by atoms with Gasteiger partial charge in [-0.3, -0.25) is 15.1 Å². The van der Waals surface area contributed by atoms with Crippen LogP contribution in [0.3, 0.4) is 0 Å². The highest BCUT2D eigenvalue weighted by atomic mass is 32.2. The minimum absolute atomic E-state index is 0.0646. The maximum atomic E-state index is 13.0. The molecule has 1 atom stereocenters. The van der Waals surface area contributed by atoms with Gasteiger partial charge in [-0.1, -0.05) is 47.6 Å². The molecule has 3 aromatic rings. The first-order valence-corrected chi connectivity index (χ1v) is 13.6. The highest BCUT2D eigenvalue weighted by Crippen LogP contribution is 2.47. The lowest BCUT2D eigenvalue weighted by Crippen LogP contribution is -2.28. The van der Waals surface area contributed by atoms with Gasteiger partial charge in [0, 0.05) is 11.4 Å². The molecule has 2 heterocycles. The Bertz CT molecular complexity index is 1200. The summed E-state index contributed by atoms with van der Waals surface area (Å²) in [6.07, 6.45) is 0. The zero-order valence-electron chi connectivity index (χ0n) is 21.1. The second kappa shape index (κ2) is 9.36. The van der Waals surface area contributed by atoms with Gasteiger partial charge in [-0.05, 0) is 75.4 Å². The van der Waals surface area contributed by atoms with E-state index >= 15 is 0 Å². The van der Waals surface area contributed by atoms with E-state index < -0.39 is 0 Å². The number of amides is 1. The standard InChI is InChI=1S/C28H33N3O2S2/c1-27(2,3)20-14-17(15-21(24(20)33)28(4,5)6)26-31(23(32)16-35-26)19-11-9-18(10-12-19)30-25(29)22-8-7-13-34-22/h7-15,26,33H,16H2,1-6H3,(H2,29,30). The number of thiophene rings is 1. The van der Waals surface area contributed by atoms with E-state index in [-0.39, 0.29) is 22.1 Å². The Hall–Kier alpha value is -2.77. The van der Waals surface area contributed by atoms with Crippen LogP contribution in [0.4, 0.5) is 11.4 Å². The van der Waals surface area contributed by atoms with Crippen molar-refractivity contribution in [1.82, 2.24) is 0 Å². The van der Waals surface area contributed by atoms with Crippen molar-refractivity contribution < 1.29 is 9.90 Å². The summed E-state index contributed by atoms with van der Waals surface area (Å²) in [5.74, 6) is 1.17. The Kier molecular flexibility index (Phi) is 6.77. The summed E-state index contributed by atoms with van der Waals surface area (Å²) in [5.41, 5.74) is 3.96. The van der Waals surface area contributed by atoms with Gasteiger partial charge in [0.15, 0.2) is 0 Å².